The molecular formula is C5H4ClN3S. The number of nitrogens with two attached hydrogens (primary N) is 1. The summed E-state index contributed by atoms with van der Waals surface area (Å²) in [6.07, 6.45) is 2.89. The molecule has 2 N–H and O–H groups in total. The summed E-state index contributed by atoms with van der Waals surface area (Å²) in [6, 6.07) is 0. The van der Waals surface area contributed by atoms with Gasteiger partial charge in [0, 0.05) is 12.4 Å². The second-order valence-corrected chi connectivity index (χ2v) is 2.47. The molecule has 1 heterocycles. The first-order valence-electron chi connectivity index (χ1n) is 2.47. The molecule has 0 bridgehead atoms. The molecule has 0 spiro atoms. The van der Waals surface area contributed by atoms with Crippen LogP contribution in [0.2, 0.25) is 5.02 Å². The maximum absolute atomic E-state index is 5.51. The van der Waals surface area contributed by atoms with E-state index in [1.54, 1.807) is 0 Å². The van der Waals surface area contributed by atoms with Crippen LogP contribution in [0.3, 0.4) is 0 Å². The van der Waals surface area contributed by atoms with Gasteiger partial charge in [-0.05, 0) is 0 Å². The number of thiocarbonyl (C=S) groups is 1. The van der Waals surface area contributed by atoms with Gasteiger partial charge in [-0.1, -0.05) is 23.8 Å². The Kier molecular flexibility index (Phi) is 2.13. The molecule has 0 aromatic carbocycles. The third-order valence-corrected chi connectivity index (χ3v) is 1.22. The van der Waals surface area contributed by atoms with Gasteiger partial charge >= 0.3 is 0 Å². The highest BCUT2D eigenvalue weighted by Crippen LogP contribution is 2.01. The molecule has 0 aliphatic heterocycles. The molecule has 10 heavy (non-hydrogen) atoms. The van der Waals surface area contributed by atoms with Gasteiger partial charge in [0.25, 0.3) is 0 Å². The van der Waals surface area contributed by atoms with Crippen molar-refractivity contribution < 1.29 is 0 Å². The minimum atomic E-state index is 0.177. The van der Waals surface area contributed by atoms with Crippen LogP contribution >= 0.6 is 23.8 Å². The van der Waals surface area contributed by atoms with Gasteiger partial charge in [-0.2, -0.15) is 0 Å². The molecule has 0 fully saturated rings. The van der Waals surface area contributed by atoms with Crippen LogP contribution in [-0.4, -0.2) is 15.0 Å². The van der Waals surface area contributed by atoms with E-state index in [1.807, 2.05) is 0 Å². The van der Waals surface area contributed by atoms with Crippen LogP contribution in [0.1, 0.15) is 5.82 Å². The van der Waals surface area contributed by atoms with Crippen LogP contribution in [0.4, 0.5) is 0 Å². The predicted octanol–water partition coefficient (Wildman–Crippen LogP) is 0.764. The molecule has 1 aromatic heterocycles. The van der Waals surface area contributed by atoms with Crippen molar-refractivity contribution >= 4 is 28.8 Å². The van der Waals surface area contributed by atoms with Gasteiger partial charge in [-0.25, -0.2) is 9.97 Å². The number of nitrogens with zero attached hydrogens (tertiary/aromatic N) is 2. The average Bonchev–Trinajstić information content (AvgIpc) is 1.88. The molecule has 0 radical (unpaired) electrons. The standard InChI is InChI=1S/C5H4ClN3S/c6-3-1-8-5(4(7)10)9-2-3/h1-2H,(H2,7,10). The summed E-state index contributed by atoms with van der Waals surface area (Å²) in [7, 11) is 0. The van der Waals surface area contributed by atoms with Crippen molar-refractivity contribution in [1.82, 2.24) is 9.97 Å². The second-order valence-electron chi connectivity index (χ2n) is 1.59. The van der Waals surface area contributed by atoms with Crippen molar-refractivity contribution in [3.05, 3.63) is 23.2 Å². The van der Waals surface area contributed by atoms with E-state index in [0.29, 0.717) is 10.8 Å². The van der Waals surface area contributed by atoms with Crippen molar-refractivity contribution in [2.75, 3.05) is 0 Å². The first-order chi connectivity index (χ1) is 4.70. The third-order valence-electron chi connectivity index (χ3n) is 0.841. The first kappa shape index (κ1) is 7.37. The quantitative estimate of drug-likeness (QED) is 0.638. The number of rotatable bonds is 1. The summed E-state index contributed by atoms with van der Waals surface area (Å²) in [4.78, 5) is 7.71. The summed E-state index contributed by atoms with van der Waals surface area (Å²) in [5.74, 6) is 0.347. The van der Waals surface area contributed by atoms with E-state index < -0.39 is 0 Å². The highest BCUT2D eigenvalue weighted by atomic mass is 35.5. The summed E-state index contributed by atoms with van der Waals surface area (Å²) in [5.41, 5.74) is 5.23. The van der Waals surface area contributed by atoms with Crippen molar-refractivity contribution in [1.29, 1.82) is 0 Å². The molecular weight excluding hydrogens is 170 g/mol. The Balaban J connectivity index is 3.00. The smallest absolute Gasteiger partial charge is 0.186 e. The van der Waals surface area contributed by atoms with Gasteiger partial charge in [-0.15, -0.1) is 0 Å². The fourth-order valence-electron chi connectivity index (χ4n) is 0.440. The lowest BCUT2D eigenvalue weighted by atomic mass is 10.5. The van der Waals surface area contributed by atoms with Crippen LogP contribution in [0, 0.1) is 0 Å². The lowest BCUT2D eigenvalue weighted by molar-refractivity contribution is 1.13. The van der Waals surface area contributed by atoms with Crippen LogP contribution in [0.25, 0.3) is 0 Å². The van der Waals surface area contributed by atoms with Gasteiger partial charge in [0.1, 0.15) is 4.99 Å². The van der Waals surface area contributed by atoms with Crippen molar-refractivity contribution in [3.63, 3.8) is 0 Å². The molecule has 0 aliphatic rings. The summed E-state index contributed by atoms with van der Waals surface area (Å²) >= 11 is 10.1. The molecule has 3 nitrogen and oxygen atoms in total. The third kappa shape index (κ3) is 1.62. The molecule has 0 saturated carbocycles. The molecule has 5 heteroatoms. The first-order valence-corrected chi connectivity index (χ1v) is 3.26. The van der Waals surface area contributed by atoms with E-state index in [4.69, 9.17) is 17.3 Å². The Morgan fingerprint density at radius 3 is 2.40 bits per heavy atom. The zero-order chi connectivity index (χ0) is 7.56. The topological polar surface area (TPSA) is 51.8 Å². The lowest BCUT2D eigenvalue weighted by Gasteiger charge is -1.93. The molecule has 0 aliphatic carbocycles. The van der Waals surface area contributed by atoms with Crippen LogP contribution in [0.5, 0.6) is 0 Å². The normalized spacial score (nSPS) is 9.30. The zero-order valence-electron chi connectivity index (χ0n) is 4.91. The Labute approximate surface area is 68.2 Å². The SMILES string of the molecule is NC(=S)c1ncc(Cl)cn1. The number of halogens is 1. The van der Waals surface area contributed by atoms with E-state index in [-0.39, 0.29) is 4.99 Å². The van der Waals surface area contributed by atoms with E-state index in [0.717, 1.165) is 0 Å². The van der Waals surface area contributed by atoms with Gasteiger partial charge in [0.15, 0.2) is 5.82 Å². The van der Waals surface area contributed by atoms with Gasteiger partial charge in [0.05, 0.1) is 5.02 Å². The zero-order valence-corrected chi connectivity index (χ0v) is 6.49. The monoisotopic (exact) mass is 173 g/mol. The van der Waals surface area contributed by atoms with Crippen LogP contribution in [-0.2, 0) is 0 Å². The summed E-state index contributed by atoms with van der Waals surface area (Å²) in [6.45, 7) is 0. The summed E-state index contributed by atoms with van der Waals surface area (Å²) in [5, 5.41) is 0.472. The minimum absolute atomic E-state index is 0.177. The number of hydrogen-bond donors (Lipinski definition) is 1. The van der Waals surface area contributed by atoms with Gasteiger partial charge in [0.2, 0.25) is 0 Å². The van der Waals surface area contributed by atoms with Gasteiger partial charge < -0.3 is 5.73 Å². The molecule has 1 aromatic rings. The molecule has 0 saturated heterocycles. The highest BCUT2D eigenvalue weighted by Gasteiger charge is 1.96. The fourth-order valence-corrected chi connectivity index (χ4v) is 0.643. The maximum Gasteiger partial charge on any atom is 0.186 e. The van der Waals surface area contributed by atoms with E-state index in [9.17, 15) is 0 Å². The Bertz CT molecular complexity index is 246. The Morgan fingerprint density at radius 2 is 2.00 bits per heavy atom. The number of hydrogen-bond acceptors (Lipinski definition) is 3. The maximum atomic E-state index is 5.51. The van der Waals surface area contributed by atoms with E-state index >= 15 is 0 Å². The highest BCUT2D eigenvalue weighted by molar-refractivity contribution is 7.80. The largest absolute Gasteiger partial charge is 0.387 e. The average molecular weight is 174 g/mol. The Morgan fingerprint density at radius 1 is 1.50 bits per heavy atom. The molecule has 52 valence electrons. The number of aromatic nitrogens is 2. The fraction of sp³-hybridized carbons (Fsp3) is 0. The molecule has 0 atom stereocenters. The van der Waals surface area contributed by atoms with Crippen molar-refractivity contribution in [3.8, 4) is 0 Å². The van der Waals surface area contributed by atoms with E-state index in [2.05, 4.69) is 22.2 Å². The second kappa shape index (κ2) is 2.90. The molecule has 0 unspecified atom stereocenters. The minimum Gasteiger partial charge on any atom is -0.387 e. The summed E-state index contributed by atoms with van der Waals surface area (Å²) < 4.78 is 0. The van der Waals surface area contributed by atoms with Crippen molar-refractivity contribution in [2.24, 2.45) is 5.73 Å². The van der Waals surface area contributed by atoms with Crippen LogP contribution in [0.15, 0.2) is 12.4 Å². The lowest BCUT2D eigenvalue weighted by Crippen LogP contribution is -2.13. The van der Waals surface area contributed by atoms with Crippen LogP contribution < -0.4 is 5.73 Å². The van der Waals surface area contributed by atoms with Gasteiger partial charge in [-0.3, -0.25) is 0 Å². The van der Waals surface area contributed by atoms with E-state index in [1.165, 1.54) is 12.4 Å². The molecule has 1 rings (SSSR count). The molecule has 0 amide bonds. The predicted molar refractivity (Wildman–Crippen MR) is 42.9 cm³/mol. The van der Waals surface area contributed by atoms with Crippen molar-refractivity contribution in [2.45, 2.75) is 0 Å². The Hall–Kier alpha value is -0.740.